The lowest BCUT2D eigenvalue weighted by molar-refractivity contribution is -0.136. The minimum absolute atomic E-state index is 0.157. The summed E-state index contributed by atoms with van der Waals surface area (Å²) in [4.78, 5) is 11.2. The predicted molar refractivity (Wildman–Crippen MR) is 74.6 cm³/mol. The molecule has 1 aliphatic rings. The van der Waals surface area contributed by atoms with Crippen molar-refractivity contribution in [3.63, 3.8) is 0 Å². The number of carbonyl (C=O) groups is 1. The lowest BCUT2D eigenvalue weighted by Crippen LogP contribution is -2.21. The van der Waals surface area contributed by atoms with Gasteiger partial charge in [0.05, 0.1) is 0 Å². The van der Waals surface area contributed by atoms with Crippen LogP contribution < -0.4 is 0 Å². The number of thioether (sulfide) groups is 1. The van der Waals surface area contributed by atoms with Crippen molar-refractivity contribution < 1.29 is 9.90 Å². The van der Waals surface area contributed by atoms with E-state index in [0.717, 1.165) is 12.8 Å². The number of hydrogen-bond acceptors (Lipinski definition) is 2. The molecule has 0 aromatic rings. The van der Waals surface area contributed by atoms with Crippen LogP contribution in [0.3, 0.4) is 0 Å². The van der Waals surface area contributed by atoms with Crippen LogP contribution in [0.15, 0.2) is 0 Å². The van der Waals surface area contributed by atoms with Crippen molar-refractivity contribution in [1.82, 2.24) is 0 Å². The van der Waals surface area contributed by atoms with Crippen molar-refractivity contribution in [3.05, 3.63) is 0 Å². The van der Waals surface area contributed by atoms with Gasteiger partial charge in [-0.25, -0.2) is 0 Å². The third-order valence-electron chi connectivity index (χ3n) is 3.50. The lowest BCUT2D eigenvalue weighted by atomic mass is 10.0. The number of unbranched alkanes of at least 4 members (excludes halogenated alkanes) is 3. The van der Waals surface area contributed by atoms with Gasteiger partial charge in [0.2, 0.25) is 0 Å². The van der Waals surface area contributed by atoms with E-state index in [1.807, 2.05) is 0 Å². The van der Waals surface area contributed by atoms with Crippen molar-refractivity contribution in [2.45, 2.75) is 81.6 Å². The Morgan fingerprint density at radius 2 is 1.94 bits per heavy atom. The van der Waals surface area contributed by atoms with Gasteiger partial charge >= 0.3 is 5.97 Å². The van der Waals surface area contributed by atoms with E-state index in [-0.39, 0.29) is 5.25 Å². The molecular weight excluding hydrogens is 232 g/mol. The molecule has 3 heteroatoms. The van der Waals surface area contributed by atoms with Crippen LogP contribution in [0.1, 0.15) is 71.1 Å². The second-order valence-electron chi connectivity index (χ2n) is 5.07. The molecule has 1 rings (SSSR count). The molecule has 0 heterocycles. The first-order valence-corrected chi connectivity index (χ1v) is 8.06. The van der Waals surface area contributed by atoms with E-state index in [1.165, 1.54) is 51.4 Å². The van der Waals surface area contributed by atoms with E-state index in [9.17, 15) is 9.90 Å². The van der Waals surface area contributed by atoms with E-state index in [0.29, 0.717) is 5.25 Å². The minimum atomic E-state index is -0.600. The maximum atomic E-state index is 11.2. The van der Waals surface area contributed by atoms with Crippen molar-refractivity contribution in [3.8, 4) is 0 Å². The molecule has 1 aliphatic carbocycles. The molecule has 17 heavy (non-hydrogen) atoms. The van der Waals surface area contributed by atoms with Crippen LogP contribution in [-0.2, 0) is 4.79 Å². The van der Waals surface area contributed by atoms with Crippen LogP contribution in [0.5, 0.6) is 0 Å². The highest BCUT2D eigenvalue weighted by Crippen LogP contribution is 2.33. The smallest absolute Gasteiger partial charge is 0.316 e. The van der Waals surface area contributed by atoms with E-state index < -0.39 is 5.97 Å². The highest BCUT2D eigenvalue weighted by molar-refractivity contribution is 8.01. The Morgan fingerprint density at radius 3 is 2.53 bits per heavy atom. The first-order valence-electron chi connectivity index (χ1n) is 7.12. The zero-order valence-electron chi connectivity index (χ0n) is 11.0. The molecule has 0 radical (unpaired) electrons. The maximum Gasteiger partial charge on any atom is 0.316 e. The molecule has 0 bridgehead atoms. The Balaban J connectivity index is 2.24. The van der Waals surface area contributed by atoms with Crippen molar-refractivity contribution in [1.29, 1.82) is 0 Å². The summed E-state index contributed by atoms with van der Waals surface area (Å²) < 4.78 is 0. The average molecular weight is 258 g/mol. The molecule has 0 amide bonds. The highest BCUT2D eigenvalue weighted by atomic mass is 32.2. The molecule has 1 unspecified atom stereocenters. The molecule has 1 N–H and O–H groups in total. The van der Waals surface area contributed by atoms with Gasteiger partial charge in [-0.05, 0) is 19.3 Å². The standard InChI is InChI=1S/C14H26O2S/c1-2-3-4-8-11-13(14(15)16)17-12-9-6-5-7-10-12/h12-13H,2-11H2,1H3,(H,15,16). The molecule has 0 saturated heterocycles. The number of carboxylic acid groups (broad SMARTS) is 1. The summed E-state index contributed by atoms with van der Waals surface area (Å²) in [7, 11) is 0. The number of hydrogen-bond donors (Lipinski definition) is 1. The zero-order chi connectivity index (χ0) is 12.5. The summed E-state index contributed by atoms with van der Waals surface area (Å²) in [5.74, 6) is -0.600. The van der Waals surface area contributed by atoms with Crippen molar-refractivity contribution in [2.75, 3.05) is 0 Å². The molecule has 100 valence electrons. The summed E-state index contributed by atoms with van der Waals surface area (Å²) in [6.07, 6.45) is 11.9. The second kappa shape index (κ2) is 8.84. The maximum absolute atomic E-state index is 11.2. The summed E-state index contributed by atoms with van der Waals surface area (Å²) in [5, 5.41) is 9.69. The highest BCUT2D eigenvalue weighted by Gasteiger charge is 2.23. The van der Waals surface area contributed by atoms with E-state index in [1.54, 1.807) is 11.8 Å². The van der Waals surface area contributed by atoms with Gasteiger partial charge in [0, 0.05) is 5.25 Å². The lowest BCUT2D eigenvalue weighted by Gasteiger charge is -2.24. The molecule has 0 spiro atoms. The van der Waals surface area contributed by atoms with Crippen molar-refractivity contribution in [2.24, 2.45) is 0 Å². The third kappa shape index (κ3) is 6.35. The van der Waals surface area contributed by atoms with Gasteiger partial charge in [-0.1, -0.05) is 51.9 Å². The summed E-state index contributed by atoms with van der Waals surface area (Å²) in [6, 6.07) is 0. The van der Waals surface area contributed by atoms with Crippen LogP contribution >= 0.6 is 11.8 Å². The Labute approximate surface area is 110 Å². The fourth-order valence-electron chi connectivity index (χ4n) is 2.44. The molecule has 0 aliphatic heterocycles. The summed E-state index contributed by atoms with van der Waals surface area (Å²) >= 11 is 1.73. The normalized spacial score (nSPS) is 19.1. The zero-order valence-corrected chi connectivity index (χ0v) is 11.8. The largest absolute Gasteiger partial charge is 0.480 e. The Morgan fingerprint density at radius 1 is 1.24 bits per heavy atom. The van der Waals surface area contributed by atoms with E-state index >= 15 is 0 Å². The molecule has 0 aromatic heterocycles. The van der Waals surface area contributed by atoms with Crippen molar-refractivity contribution >= 4 is 17.7 Å². The monoisotopic (exact) mass is 258 g/mol. The van der Waals surface area contributed by atoms with Gasteiger partial charge in [0.15, 0.2) is 0 Å². The van der Waals surface area contributed by atoms with Crippen LogP contribution in [0.4, 0.5) is 0 Å². The molecule has 0 aromatic carbocycles. The fraction of sp³-hybridized carbons (Fsp3) is 0.929. The van der Waals surface area contributed by atoms with Crippen LogP contribution in [0.25, 0.3) is 0 Å². The molecule has 2 nitrogen and oxygen atoms in total. The molecule has 1 atom stereocenters. The first kappa shape index (κ1) is 14.9. The minimum Gasteiger partial charge on any atom is -0.480 e. The average Bonchev–Trinajstić information content (AvgIpc) is 2.34. The number of aliphatic carboxylic acids is 1. The molecule has 1 fully saturated rings. The third-order valence-corrected chi connectivity index (χ3v) is 5.13. The predicted octanol–water partition coefficient (Wildman–Crippen LogP) is 4.48. The van der Waals surface area contributed by atoms with Gasteiger partial charge < -0.3 is 5.11 Å². The Hall–Kier alpha value is -0.180. The first-order chi connectivity index (χ1) is 8.24. The van der Waals surface area contributed by atoms with Gasteiger partial charge in [-0.15, -0.1) is 11.8 Å². The van der Waals surface area contributed by atoms with E-state index in [4.69, 9.17) is 0 Å². The molecular formula is C14H26O2S. The SMILES string of the molecule is CCCCCCC(SC1CCCCC1)C(=O)O. The Kier molecular flexibility index (Phi) is 7.74. The quantitative estimate of drug-likeness (QED) is 0.652. The van der Waals surface area contributed by atoms with Crippen LogP contribution in [-0.4, -0.2) is 21.6 Å². The summed E-state index contributed by atoms with van der Waals surface area (Å²) in [5.41, 5.74) is 0. The fourth-order valence-corrected chi connectivity index (χ4v) is 3.93. The number of carboxylic acids is 1. The second-order valence-corrected chi connectivity index (χ2v) is 6.58. The molecule has 1 saturated carbocycles. The van der Waals surface area contributed by atoms with Gasteiger partial charge in [0.1, 0.15) is 5.25 Å². The van der Waals surface area contributed by atoms with Crippen LogP contribution in [0.2, 0.25) is 0 Å². The van der Waals surface area contributed by atoms with Crippen LogP contribution in [0, 0.1) is 0 Å². The number of rotatable bonds is 8. The topological polar surface area (TPSA) is 37.3 Å². The van der Waals surface area contributed by atoms with E-state index in [2.05, 4.69) is 6.92 Å². The van der Waals surface area contributed by atoms with Gasteiger partial charge in [-0.2, -0.15) is 0 Å². The summed E-state index contributed by atoms with van der Waals surface area (Å²) in [6.45, 7) is 2.19. The Bertz CT molecular complexity index is 212. The van der Waals surface area contributed by atoms with Gasteiger partial charge in [-0.3, -0.25) is 4.79 Å². The van der Waals surface area contributed by atoms with Gasteiger partial charge in [0.25, 0.3) is 0 Å².